The van der Waals surface area contributed by atoms with Crippen LogP contribution in [0.1, 0.15) is 29.7 Å². The van der Waals surface area contributed by atoms with Gasteiger partial charge in [-0.15, -0.1) is 0 Å². The van der Waals surface area contributed by atoms with E-state index in [1.807, 2.05) is 12.1 Å². The SMILES string of the molecule is Cc1ccccc1[C@@H](C)NCc1cc(F)ccc1Cl. The Morgan fingerprint density at radius 3 is 2.68 bits per heavy atom. The van der Waals surface area contributed by atoms with Crippen LogP contribution >= 0.6 is 11.6 Å². The van der Waals surface area contributed by atoms with Crippen LogP contribution in [0.4, 0.5) is 4.39 Å². The zero-order valence-electron chi connectivity index (χ0n) is 11.1. The molecular formula is C16H17ClFN. The Bertz CT molecular complexity index is 568. The predicted octanol–water partition coefficient (Wildman–Crippen LogP) is 4.64. The molecule has 0 saturated heterocycles. The van der Waals surface area contributed by atoms with E-state index in [9.17, 15) is 4.39 Å². The summed E-state index contributed by atoms with van der Waals surface area (Å²) in [4.78, 5) is 0. The number of benzene rings is 2. The molecule has 0 aromatic heterocycles. The second-order valence-electron chi connectivity index (χ2n) is 4.69. The molecule has 0 bridgehead atoms. The number of nitrogens with one attached hydrogen (secondary N) is 1. The minimum atomic E-state index is -0.259. The molecule has 0 radical (unpaired) electrons. The molecular weight excluding hydrogens is 261 g/mol. The number of aryl methyl sites for hydroxylation is 1. The molecule has 100 valence electrons. The molecule has 0 aliphatic heterocycles. The fourth-order valence-electron chi connectivity index (χ4n) is 2.12. The number of halogens is 2. The number of rotatable bonds is 4. The van der Waals surface area contributed by atoms with Crippen LogP contribution < -0.4 is 5.32 Å². The van der Waals surface area contributed by atoms with Crippen molar-refractivity contribution < 1.29 is 4.39 Å². The lowest BCUT2D eigenvalue weighted by atomic mass is 10.0. The maximum atomic E-state index is 13.2. The van der Waals surface area contributed by atoms with Crippen LogP contribution in [0, 0.1) is 12.7 Å². The number of hydrogen-bond acceptors (Lipinski definition) is 1. The maximum absolute atomic E-state index is 13.2. The topological polar surface area (TPSA) is 12.0 Å². The normalized spacial score (nSPS) is 12.4. The van der Waals surface area contributed by atoms with E-state index in [-0.39, 0.29) is 11.9 Å². The fourth-order valence-corrected chi connectivity index (χ4v) is 2.31. The Kier molecular flexibility index (Phi) is 4.56. The third-order valence-corrected chi connectivity index (χ3v) is 3.63. The Labute approximate surface area is 118 Å². The molecule has 0 aliphatic rings. The largest absolute Gasteiger partial charge is 0.306 e. The first-order valence-electron chi connectivity index (χ1n) is 6.31. The van der Waals surface area contributed by atoms with Crippen molar-refractivity contribution in [1.82, 2.24) is 5.32 Å². The summed E-state index contributed by atoms with van der Waals surface area (Å²) in [5, 5.41) is 3.96. The monoisotopic (exact) mass is 277 g/mol. The van der Waals surface area contributed by atoms with Gasteiger partial charge in [0.05, 0.1) is 0 Å². The zero-order valence-corrected chi connectivity index (χ0v) is 11.8. The second kappa shape index (κ2) is 6.18. The molecule has 1 atom stereocenters. The highest BCUT2D eigenvalue weighted by Crippen LogP contribution is 2.20. The van der Waals surface area contributed by atoms with Crippen molar-refractivity contribution in [1.29, 1.82) is 0 Å². The van der Waals surface area contributed by atoms with Gasteiger partial charge in [-0.05, 0) is 48.7 Å². The predicted molar refractivity (Wildman–Crippen MR) is 77.8 cm³/mol. The highest BCUT2D eigenvalue weighted by molar-refractivity contribution is 6.31. The lowest BCUT2D eigenvalue weighted by Gasteiger charge is -2.17. The van der Waals surface area contributed by atoms with Crippen LogP contribution in [0.3, 0.4) is 0 Å². The van der Waals surface area contributed by atoms with Crippen LogP contribution in [0.15, 0.2) is 42.5 Å². The van der Waals surface area contributed by atoms with Gasteiger partial charge in [0, 0.05) is 17.6 Å². The van der Waals surface area contributed by atoms with Crippen LogP contribution in [-0.4, -0.2) is 0 Å². The average molecular weight is 278 g/mol. The van der Waals surface area contributed by atoms with Crippen molar-refractivity contribution >= 4 is 11.6 Å². The molecule has 0 aliphatic carbocycles. The van der Waals surface area contributed by atoms with Gasteiger partial charge >= 0.3 is 0 Å². The summed E-state index contributed by atoms with van der Waals surface area (Å²) in [7, 11) is 0. The van der Waals surface area contributed by atoms with E-state index in [1.165, 1.54) is 23.3 Å². The average Bonchev–Trinajstić information content (AvgIpc) is 2.40. The van der Waals surface area contributed by atoms with Crippen molar-refractivity contribution in [3.05, 3.63) is 70.0 Å². The van der Waals surface area contributed by atoms with Gasteiger partial charge in [0.1, 0.15) is 5.82 Å². The van der Waals surface area contributed by atoms with E-state index < -0.39 is 0 Å². The van der Waals surface area contributed by atoms with Crippen LogP contribution in [-0.2, 0) is 6.54 Å². The minimum absolute atomic E-state index is 0.195. The molecule has 0 amide bonds. The summed E-state index contributed by atoms with van der Waals surface area (Å²) in [6.45, 7) is 4.73. The van der Waals surface area contributed by atoms with Crippen molar-refractivity contribution in [3.63, 3.8) is 0 Å². The minimum Gasteiger partial charge on any atom is -0.306 e. The van der Waals surface area contributed by atoms with Gasteiger partial charge in [-0.25, -0.2) is 4.39 Å². The van der Waals surface area contributed by atoms with E-state index in [1.54, 1.807) is 6.07 Å². The maximum Gasteiger partial charge on any atom is 0.123 e. The second-order valence-corrected chi connectivity index (χ2v) is 5.10. The Balaban J connectivity index is 2.06. The fraction of sp³-hybridized carbons (Fsp3) is 0.250. The lowest BCUT2D eigenvalue weighted by molar-refractivity contribution is 0.567. The first kappa shape index (κ1) is 14.0. The Morgan fingerprint density at radius 2 is 1.95 bits per heavy atom. The van der Waals surface area contributed by atoms with Crippen LogP contribution in [0.25, 0.3) is 0 Å². The van der Waals surface area contributed by atoms with Gasteiger partial charge in [-0.3, -0.25) is 0 Å². The molecule has 1 nitrogen and oxygen atoms in total. The summed E-state index contributed by atoms with van der Waals surface area (Å²) in [5.74, 6) is -0.259. The summed E-state index contributed by atoms with van der Waals surface area (Å²) >= 11 is 6.05. The molecule has 19 heavy (non-hydrogen) atoms. The van der Waals surface area contributed by atoms with Gasteiger partial charge in [-0.2, -0.15) is 0 Å². The summed E-state index contributed by atoms with van der Waals surface area (Å²) in [5.41, 5.74) is 3.27. The molecule has 2 aromatic rings. The molecule has 2 aromatic carbocycles. The van der Waals surface area contributed by atoms with E-state index in [0.29, 0.717) is 11.6 Å². The van der Waals surface area contributed by atoms with E-state index >= 15 is 0 Å². The van der Waals surface area contributed by atoms with Crippen molar-refractivity contribution in [2.45, 2.75) is 26.4 Å². The summed E-state index contributed by atoms with van der Waals surface area (Å²) < 4.78 is 13.2. The molecule has 0 saturated carbocycles. The molecule has 0 fully saturated rings. The van der Waals surface area contributed by atoms with Crippen LogP contribution in [0.2, 0.25) is 5.02 Å². The Hall–Kier alpha value is -1.38. The summed E-state index contributed by atoms with van der Waals surface area (Å²) in [6, 6.07) is 12.9. The van der Waals surface area contributed by atoms with E-state index in [2.05, 4.69) is 31.3 Å². The molecule has 0 unspecified atom stereocenters. The molecule has 1 N–H and O–H groups in total. The number of hydrogen-bond donors (Lipinski definition) is 1. The standard InChI is InChI=1S/C16H17ClFN/c1-11-5-3-4-6-15(11)12(2)19-10-13-9-14(18)7-8-16(13)17/h3-9,12,19H,10H2,1-2H3/t12-/m1/s1. The van der Waals surface area contributed by atoms with Gasteiger partial charge < -0.3 is 5.32 Å². The molecule has 2 rings (SSSR count). The molecule has 3 heteroatoms. The Morgan fingerprint density at radius 1 is 1.21 bits per heavy atom. The molecule has 0 spiro atoms. The van der Waals surface area contributed by atoms with E-state index in [4.69, 9.17) is 11.6 Å². The zero-order chi connectivity index (χ0) is 13.8. The first-order valence-corrected chi connectivity index (χ1v) is 6.68. The van der Waals surface area contributed by atoms with Crippen molar-refractivity contribution in [3.8, 4) is 0 Å². The highest BCUT2D eigenvalue weighted by atomic mass is 35.5. The molecule has 0 heterocycles. The smallest absolute Gasteiger partial charge is 0.123 e. The lowest BCUT2D eigenvalue weighted by Crippen LogP contribution is -2.19. The van der Waals surface area contributed by atoms with Crippen LogP contribution in [0.5, 0.6) is 0 Å². The quantitative estimate of drug-likeness (QED) is 0.858. The van der Waals surface area contributed by atoms with Gasteiger partial charge in [0.2, 0.25) is 0 Å². The third kappa shape index (κ3) is 3.55. The third-order valence-electron chi connectivity index (χ3n) is 3.26. The van der Waals surface area contributed by atoms with Crippen molar-refractivity contribution in [2.24, 2.45) is 0 Å². The van der Waals surface area contributed by atoms with Gasteiger partial charge in [0.25, 0.3) is 0 Å². The van der Waals surface area contributed by atoms with E-state index in [0.717, 1.165) is 5.56 Å². The highest BCUT2D eigenvalue weighted by Gasteiger charge is 2.08. The van der Waals surface area contributed by atoms with Crippen molar-refractivity contribution in [2.75, 3.05) is 0 Å². The van der Waals surface area contributed by atoms with Gasteiger partial charge in [-0.1, -0.05) is 35.9 Å². The van der Waals surface area contributed by atoms with Gasteiger partial charge in [0.15, 0.2) is 0 Å². The summed E-state index contributed by atoms with van der Waals surface area (Å²) in [6.07, 6.45) is 0. The first-order chi connectivity index (χ1) is 9.08.